The molecule has 0 fully saturated rings. The van der Waals surface area contributed by atoms with Gasteiger partial charge in [-0.15, -0.1) is 0 Å². The van der Waals surface area contributed by atoms with Crippen LogP contribution in [0.5, 0.6) is 5.75 Å². The Labute approximate surface area is 114 Å². The number of rotatable bonds is 3. The van der Waals surface area contributed by atoms with E-state index < -0.39 is 11.8 Å². The fraction of sp³-hybridized carbons (Fsp3) is 0.333. The molecule has 2 rings (SSSR count). The smallest absolute Gasteiger partial charge is 0.421 e. The Morgan fingerprint density at radius 1 is 1.05 bits per heavy atom. The molecule has 2 aromatic rings. The second kappa shape index (κ2) is 4.98. The molecule has 0 aromatic heterocycles. The molecule has 0 aliphatic carbocycles. The highest BCUT2D eigenvalue weighted by atomic mass is 19.4. The first-order chi connectivity index (χ1) is 9.29. The summed E-state index contributed by atoms with van der Waals surface area (Å²) in [5, 5.41) is 10.8. The summed E-state index contributed by atoms with van der Waals surface area (Å²) in [4.78, 5) is 0. The second-order valence-corrected chi connectivity index (χ2v) is 4.66. The average Bonchev–Trinajstić information content (AvgIpc) is 2.37. The van der Waals surface area contributed by atoms with Crippen molar-refractivity contribution in [2.24, 2.45) is 0 Å². The highest BCUT2D eigenvalue weighted by Crippen LogP contribution is 2.42. The number of aliphatic hydroxyl groups is 1. The summed E-state index contributed by atoms with van der Waals surface area (Å²) in [5.74, 6) is 0.504. The Hall–Kier alpha value is -1.75. The molecule has 0 saturated carbocycles. The van der Waals surface area contributed by atoms with E-state index in [-0.39, 0.29) is 5.56 Å². The van der Waals surface area contributed by atoms with Crippen LogP contribution < -0.4 is 4.74 Å². The van der Waals surface area contributed by atoms with E-state index in [0.717, 1.165) is 6.92 Å². The van der Waals surface area contributed by atoms with E-state index in [0.29, 0.717) is 23.1 Å². The van der Waals surface area contributed by atoms with Gasteiger partial charge in [0.05, 0.1) is 6.61 Å². The van der Waals surface area contributed by atoms with Gasteiger partial charge in [-0.3, -0.25) is 0 Å². The summed E-state index contributed by atoms with van der Waals surface area (Å²) >= 11 is 0. The van der Waals surface area contributed by atoms with Crippen LogP contribution in [0.3, 0.4) is 0 Å². The number of halogens is 3. The van der Waals surface area contributed by atoms with Crippen LogP contribution >= 0.6 is 0 Å². The van der Waals surface area contributed by atoms with Crippen molar-refractivity contribution in [3.8, 4) is 5.75 Å². The van der Waals surface area contributed by atoms with Gasteiger partial charge in [-0.25, -0.2) is 0 Å². The lowest BCUT2D eigenvalue weighted by Crippen LogP contribution is -2.39. The normalized spacial score (nSPS) is 15.1. The first-order valence-electron chi connectivity index (χ1n) is 6.23. The SMILES string of the molecule is CCOc1cccc2c(C(C)(O)C(F)(F)F)cccc12. The number of alkyl halides is 3. The van der Waals surface area contributed by atoms with Gasteiger partial charge < -0.3 is 9.84 Å². The van der Waals surface area contributed by atoms with Crippen molar-refractivity contribution in [2.45, 2.75) is 25.6 Å². The molecule has 1 unspecified atom stereocenters. The Kier molecular flexibility index (Phi) is 3.65. The van der Waals surface area contributed by atoms with Crippen LogP contribution in [-0.4, -0.2) is 17.9 Å². The van der Waals surface area contributed by atoms with Gasteiger partial charge in [0.15, 0.2) is 5.60 Å². The van der Waals surface area contributed by atoms with E-state index in [1.165, 1.54) is 12.1 Å². The lowest BCUT2D eigenvalue weighted by Gasteiger charge is -2.28. The van der Waals surface area contributed by atoms with Crippen molar-refractivity contribution in [2.75, 3.05) is 6.61 Å². The van der Waals surface area contributed by atoms with Crippen LogP contribution in [0.4, 0.5) is 13.2 Å². The summed E-state index contributed by atoms with van der Waals surface area (Å²) < 4.78 is 44.5. The molecule has 5 heteroatoms. The van der Waals surface area contributed by atoms with Crippen LogP contribution in [0, 0.1) is 0 Å². The average molecular weight is 284 g/mol. The molecule has 2 aromatic carbocycles. The first kappa shape index (κ1) is 14.7. The van der Waals surface area contributed by atoms with Gasteiger partial charge in [0.1, 0.15) is 5.75 Å². The molecule has 0 amide bonds. The Morgan fingerprint density at radius 2 is 1.65 bits per heavy atom. The summed E-state index contributed by atoms with van der Waals surface area (Å²) in [6.45, 7) is 2.97. The highest BCUT2D eigenvalue weighted by molar-refractivity contribution is 5.91. The number of ether oxygens (including phenoxy) is 1. The van der Waals surface area contributed by atoms with E-state index in [1.807, 2.05) is 0 Å². The third kappa shape index (κ3) is 2.33. The van der Waals surface area contributed by atoms with Gasteiger partial charge in [0.2, 0.25) is 0 Å². The van der Waals surface area contributed by atoms with Crippen molar-refractivity contribution in [3.63, 3.8) is 0 Å². The molecule has 2 nitrogen and oxygen atoms in total. The number of benzene rings is 2. The highest BCUT2D eigenvalue weighted by Gasteiger charge is 2.51. The fourth-order valence-corrected chi connectivity index (χ4v) is 2.14. The van der Waals surface area contributed by atoms with Gasteiger partial charge in [-0.1, -0.05) is 30.3 Å². The fourth-order valence-electron chi connectivity index (χ4n) is 2.14. The minimum atomic E-state index is -4.75. The lowest BCUT2D eigenvalue weighted by atomic mass is 9.90. The summed E-state index contributed by atoms with van der Waals surface area (Å²) in [5.41, 5.74) is -3.08. The van der Waals surface area contributed by atoms with Crippen LogP contribution in [0.2, 0.25) is 0 Å². The van der Waals surface area contributed by atoms with Gasteiger partial charge in [0, 0.05) is 10.9 Å². The zero-order valence-corrected chi connectivity index (χ0v) is 11.2. The number of hydrogen-bond donors (Lipinski definition) is 1. The molecular formula is C15H15F3O2. The molecule has 0 spiro atoms. The molecule has 0 aliphatic heterocycles. The summed E-state index contributed by atoms with van der Waals surface area (Å²) in [7, 11) is 0. The number of hydrogen-bond acceptors (Lipinski definition) is 2. The van der Waals surface area contributed by atoms with Crippen LogP contribution in [0.1, 0.15) is 19.4 Å². The number of fused-ring (bicyclic) bond motifs is 1. The second-order valence-electron chi connectivity index (χ2n) is 4.66. The first-order valence-corrected chi connectivity index (χ1v) is 6.23. The van der Waals surface area contributed by atoms with Crippen molar-refractivity contribution in [3.05, 3.63) is 42.0 Å². The van der Waals surface area contributed by atoms with Gasteiger partial charge >= 0.3 is 6.18 Å². The molecule has 20 heavy (non-hydrogen) atoms. The molecule has 0 aliphatic rings. The van der Waals surface area contributed by atoms with E-state index in [9.17, 15) is 18.3 Å². The third-order valence-corrected chi connectivity index (χ3v) is 3.26. The van der Waals surface area contributed by atoms with E-state index in [1.54, 1.807) is 31.2 Å². The summed E-state index contributed by atoms with van der Waals surface area (Å²) in [6.07, 6.45) is -4.75. The molecule has 108 valence electrons. The maximum Gasteiger partial charge on any atom is 0.421 e. The zero-order valence-electron chi connectivity index (χ0n) is 11.2. The monoisotopic (exact) mass is 284 g/mol. The largest absolute Gasteiger partial charge is 0.493 e. The molecule has 0 saturated heterocycles. The Morgan fingerprint density at radius 3 is 2.25 bits per heavy atom. The predicted octanol–water partition coefficient (Wildman–Crippen LogP) is 4.01. The minimum absolute atomic E-state index is 0.177. The molecule has 0 heterocycles. The molecule has 1 atom stereocenters. The van der Waals surface area contributed by atoms with Crippen molar-refractivity contribution in [1.82, 2.24) is 0 Å². The third-order valence-electron chi connectivity index (χ3n) is 3.26. The van der Waals surface area contributed by atoms with Crippen LogP contribution in [0.25, 0.3) is 10.8 Å². The Balaban J connectivity index is 2.70. The maximum atomic E-state index is 13.0. The minimum Gasteiger partial charge on any atom is -0.493 e. The van der Waals surface area contributed by atoms with E-state index in [4.69, 9.17) is 4.74 Å². The topological polar surface area (TPSA) is 29.5 Å². The van der Waals surface area contributed by atoms with E-state index >= 15 is 0 Å². The quantitative estimate of drug-likeness (QED) is 0.922. The standard InChI is InChI=1S/C15H15F3O2/c1-3-20-13-9-5-6-10-11(13)7-4-8-12(10)14(2,19)15(16,17)18/h4-9,19H,3H2,1-2H3. The molecule has 1 N–H and O–H groups in total. The maximum absolute atomic E-state index is 13.0. The zero-order chi connectivity index (χ0) is 15.0. The van der Waals surface area contributed by atoms with Gasteiger partial charge in [0.25, 0.3) is 0 Å². The lowest BCUT2D eigenvalue weighted by molar-refractivity contribution is -0.258. The molecule has 0 bridgehead atoms. The molecular weight excluding hydrogens is 269 g/mol. The Bertz CT molecular complexity index is 618. The van der Waals surface area contributed by atoms with Crippen molar-refractivity contribution >= 4 is 10.8 Å². The van der Waals surface area contributed by atoms with Crippen LogP contribution in [-0.2, 0) is 5.60 Å². The van der Waals surface area contributed by atoms with Gasteiger partial charge in [-0.2, -0.15) is 13.2 Å². The van der Waals surface area contributed by atoms with E-state index in [2.05, 4.69) is 0 Å². The molecule has 0 radical (unpaired) electrons. The van der Waals surface area contributed by atoms with Crippen molar-refractivity contribution in [1.29, 1.82) is 0 Å². The van der Waals surface area contributed by atoms with Crippen LogP contribution in [0.15, 0.2) is 36.4 Å². The van der Waals surface area contributed by atoms with Crippen molar-refractivity contribution < 1.29 is 23.0 Å². The predicted molar refractivity (Wildman–Crippen MR) is 70.7 cm³/mol. The summed E-state index contributed by atoms with van der Waals surface area (Å²) in [6, 6.07) is 9.30. The van der Waals surface area contributed by atoms with Gasteiger partial charge in [-0.05, 0) is 25.3 Å².